The first-order valence-electron chi connectivity index (χ1n) is 10.4. The molecule has 1 aliphatic heterocycles. The first-order chi connectivity index (χ1) is 14.1. The summed E-state index contributed by atoms with van der Waals surface area (Å²) in [7, 11) is 0. The number of hydrogen-bond acceptors (Lipinski definition) is 5. The molecule has 1 amide bonds. The van der Waals surface area contributed by atoms with E-state index < -0.39 is 5.97 Å². The quantitative estimate of drug-likeness (QED) is 0.416. The summed E-state index contributed by atoms with van der Waals surface area (Å²) in [4.78, 5) is 26.9. The van der Waals surface area contributed by atoms with Crippen molar-refractivity contribution in [3.8, 4) is 11.8 Å². The zero-order valence-corrected chi connectivity index (χ0v) is 16.9. The molecule has 6 nitrogen and oxygen atoms in total. The van der Waals surface area contributed by atoms with Gasteiger partial charge >= 0.3 is 5.97 Å². The Morgan fingerprint density at radius 3 is 2.62 bits per heavy atom. The number of benzene rings is 1. The van der Waals surface area contributed by atoms with Crippen LogP contribution in [0.4, 0.5) is 0 Å². The number of esters is 1. The van der Waals surface area contributed by atoms with Crippen LogP contribution in [0.2, 0.25) is 0 Å². The third-order valence-electron chi connectivity index (χ3n) is 5.73. The van der Waals surface area contributed by atoms with E-state index in [1.165, 1.54) is 25.3 Å². The minimum atomic E-state index is -0.771. The lowest BCUT2D eigenvalue weighted by Gasteiger charge is -2.44. The molecule has 0 N–H and O–H groups in total. The predicted molar refractivity (Wildman–Crippen MR) is 109 cm³/mol. The molecule has 29 heavy (non-hydrogen) atoms. The number of nitriles is 1. The van der Waals surface area contributed by atoms with Gasteiger partial charge in [-0.2, -0.15) is 5.26 Å². The van der Waals surface area contributed by atoms with E-state index >= 15 is 0 Å². The highest BCUT2D eigenvalue weighted by molar-refractivity contribution is 5.98. The third kappa shape index (κ3) is 5.38. The fraction of sp³-hybridized carbons (Fsp3) is 0.522. The lowest BCUT2D eigenvalue weighted by molar-refractivity contribution is -0.152. The van der Waals surface area contributed by atoms with Crippen molar-refractivity contribution in [1.29, 1.82) is 5.26 Å². The first kappa shape index (κ1) is 20.9. The molecule has 3 rings (SSSR count). The van der Waals surface area contributed by atoms with Gasteiger partial charge in [-0.15, -0.1) is 0 Å². The monoisotopic (exact) mass is 396 g/mol. The van der Waals surface area contributed by atoms with Gasteiger partial charge < -0.3 is 14.4 Å². The molecular weight excluding hydrogens is 368 g/mol. The molecule has 2 fully saturated rings. The second-order valence-electron chi connectivity index (χ2n) is 7.59. The molecule has 0 radical (unpaired) electrons. The summed E-state index contributed by atoms with van der Waals surface area (Å²) in [6.45, 7) is 2.88. The number of amides is 1. The summed E-state index contributed by atoms with van der Waals surface area (Å²) in [6, 6.07) is 9.22. The van der Waals surface area contributed by atoms with Crippen LogP contribution in [0, 0.1) is 17.2 Å². The topological polar surface area (TPSA) is 79.6 Å². The van der Waals surface area contributed by atoms with E-state index in [-0.39, 0.29) is 24.1 Å². The van der Waals surface area contributed by atoms with Gasteiger partial charge in [-0.1, -0.05) is 25.0 Å². The predicted octanol–water partition coefficient (Wildman–Crippen LogP) is 3.72. The SMILES string of the molecule is CCOc1ccc(/C=C(\C#N)C(=O)OCC(=O)N2CCC[C@H]3CCCC[C@@H]32)cc1. The molecule has 6 heteroatoms. The number of piperidine rings is 1. The highest BCUT2D eigenvalue weighted by Gasteiger charge is 2.35. The molecule has 0 bridgehead atoms. The normalized spacial score (nSPS) is 21.7. The van der Waals surface area contributed by atoms with Gasteiger partial charge in [0.05, 0.1) is 6.61 Å². The van der Waals surface area contributed by atoms with Gasteiger partial charge in [-0.25, -0.2) is 4.79 Å². The van der Waals surface area contributed by atoms with Gasteiger partial charge in [0.2, 0.25) is 0 Å². The Bertz CT molecular complexity index is 792. The summed E-state index contributed by atoms with van der Waals surface area (Å²) in [6.07, 6.45) is 8.23. The van der Waals surface area contributed by atoms with Crippen molar-refractivity contribution < 1.29 is 19.1 Å². The van der Waals surface area contributed by atoms with Gasteiger partial charge in [0, 0.05) is 12.6 Å². The minimum absolute atomic E-state index is 0.129. The number of carbonyl (C=O) groups excluding carboxylic acids is 2. The summed E-state index contributed by atoms with van der Waals surface area (Å²) in [5, 5.41) is 9.33. The molecule has 0 aromatic heterocycles. The molecule has 0 spiro atoms. The Morgan fingerprint density at radius 2 is 1.90 bits per heavy atom. The highest BCUT2D eigenvalue weighted by Crippen LogP contribution is 2.35. The van der Waals surface area contributed by atoms with Crippen molar-refractivity contribution >= 4 is 18.0 Å². The summed E-state index contributed by atoms with van der Waals surface area (Å²) >= 11 is 0. The summed E-state index contributed by atoms with van der Waals surface area (Å²) < 4.78 is 10.6. The third-order valence-corrected chi connectivity index (χ3v) is 5.73. The average Bonchev–Trinajstić information content (AvgIpc) is 2.76. The van der Waals surface area contributed by atoms with E-state index in [9.17, 15) is 14.9 Å². The number of hydrogen-bond donors (Lipinski definition) is 0. The van der Waals surface area contributed by atoms with E-state index in [0.717, 1.165) is 31.6 Å². The van der Waals surface area contributed by atoms with Gasteiger partial charge in [0.15, 0.2) is 6.61 Å². The average molecular weight is 396 g/mol. The standard InChI is InChI=1S/C23H28N2O4/c1-2-28-20-11-9-17(10-12-20)14-19(15-24)23(27)29-16-22(26)25-13-5-7-18-6-3-4-8-21(18)25/h9-12,14,18,21H,2-8,13,16H2,1H3/b19-14+/t18-,21+/m1/s1. The van der Waals surface area contributed by atoms with Crippen molar-refractivity contribution in [3.05, 3.63) is 35.4 Å². The molecule has 1 saturated heterocycles. The number of carbonyl (C=O) groups is 2. The maximum atomic E-state index is 12.7. The lowest BCUT2D eigenvalue weighted by Crippen LogP contribution is -2.50. The molecule has 1 heterocycles. The Labute approximate surface area is 172 Å². The number of nitrogens with zero attached hydrogens (tertiary/aromatic N) is 2. The zero-order chi connectivity index (χ0) is 20.6. The molecule has 2 atom stereocenters. The van der Waals surface area contributed by atoms with Gasteiger partial charge in [0.1, 0.15) is 17.4 Å². The highest BCUT2D eigenvalue weighted by atomic mass is 16.5. The first-order valence-corrected chi connectivity index (χ1v) is 10.4. The van der Waals surface area contributed by atoms with Crippen LogP contribution in [0.5, 0.6) is 5.75 Å². The van der Waals surface area contributed by atoms with Crippen LogP contribution in [-0.2, 0) is 14.3 Å². The van der Waals surface area contributed by atoms with E-state index in [0.29, 0.717) is 18.1 Å². The van der Waals surface area contributed by atoms with Gasteiger partial charge in [-0.3, -0.25) is 4.79 Å². The molecule has 154 valence electrons. The van der Waals surface area contributed by atoms with E-state index in [1.807, 2.05) is 17.9 Å². The largest absolute Gasteiger partial charge is 0.494 e. The fourth-order valence-electron chi connectivity index (χ4n) is 4.35. The second-order valence-corrected chi connectivity index (χ2v) is 7.59. The van der Waals surface area contributed by atoms with Crippen LogP contribution in [-0.4, -0.2) is 42.6 Å². The molecule has 1 saturated carbocycles. The Morgan fingerprint density at radius 1 is 1.17 bits per heavy atom. The van der Waals surface area contributed by atoms with Crippen LogP contribution >= 0.6 is 0 Å². The zero-order valence-electron chi connectivity index (χ0n) is 16.9. The van der Waals surface area contributed by atoms with Crippen LogP contribution in [0.25, 0.3) is 6.08 Å². The Kier molecular flexibility index (Phi) is 7.29. The van der Waals surface area contributed by atoms with Gasteiger partial charge in [-0.05, 0) is 62.3 Å². The van der Waals surface area contributed by atoms with Crippen molar-refractivity contribution in [3.63, 3.8) is 0 Å². The number of ether oxygens (including phenoxy) is 2. The van der Waals surface area contributed by atoms with Gasteiger partial charge in [0.25, 0.3) is 5.91 Å². The van der Waals surface area contributed by atoms with Crippen molar-refractivity contribution in [1.82, 2.24) is 4.90 Å². The van der Waals surface area contributed by atoms with Crippen molar-refractivity contribution in [2.75, 3.05) is 19.8 Å². The number of likely N-dealkylation sites (tertiary alicyclic amines) is 1. The maximum absolute atomic E-state index is 12.7. The smallest absolute Gasteiger partial charge is 0.349 e. The van der Waals surface area contributed by atoms with Crippen molar-refractivity contribution in [2.24, 2.45) is 5.92 Å². The second kappa shape index (κ2) is 10.1. The fourth-order valence-corrected chi connectivity index (χ4v) is 4.35. The molecule has 1 aromatic rings. The molecule has 1 aliphatic carbocycles. The van der Waals surface area contributed by atoms with Crippen LogP contribution in [0.3, 0.4) is 0 Å². The Hall–Kier alpha value is -2.81. The van der Waals surface area contributed by atoms with Crippen LogP contribution in [0.15, 0.2) is 29.8 Å². The number of rotatable bonds is 6. The minimum Gasteiger partial charge on any atom is -0.494 e. The van der Waals surface area contributed by atoms with Crippen LogP contribution < -0.4 is 4.74 Å². The van der Waals surface area contributed by atoms with Crippen LogP contribution in [0.1, 0.15) is 51.0 Å². The number of fused-ring (bicyclic) bond motifs is 1. The van der Waals surface area contributed by atoms with E-state index in [4.69, 9.17) is 9.47 Å². The molecular formula is C23H28N2O4. The lowest BCUT2D eigenvalue weighted by atomic mass is 9.78. The van der Waals surface area contributed by atoms with Crippen molar-refractivity contribution in [2.45, 2.75) is 51.5 Å². The molecule has 1 aromatic carbocycles. The molecule has 0 unspecified atom stereocenters. The summed E-state index contributed by atoms with van der Waals surface area (Å²) in [5.41, 5.74) is 0.561. The summed E-state index contributed by atoms with van der Waals surface area (Å²) in [5.74, 6) is 0.366. The van der Waals surface area contributed by atoms with E-state index in [1.54, 1.807) is 24.3 Å². The maximum Gasteiger partial charge on any atom is 0.349 e. The Balaban J connectivity index is 1.58. The molecule has 2 aliphatic rings. The van der Waals surface area contributed by atoms with E-state index in [2.05, 4.69) is 0 Å².